The zero-order chi connectivity index (χ0) is 13.0. The first-order valence-electron chi connectivity index (χ1n) is 5.44. The van der Waals surface area contributed by atoms with Gasteiger partial charge in [0.15, 0.2) is 0 Å². The van der Waals surface area contributed by atoms with Crippen molar-refractivity contribution in [3.8, 4) is 5.95 Å². The van der Waals surface area contributed by atoms with Gasteiger partial charge in [-0.1, -0.05) is 0 Å². The number of hydrogen-bond donors (Lipinski definition) is 2. The number of nitrogens with one attached hydrogen (secondary N) is 1. The fraction of sp³-hybridized carbons (Fsp3) is 0.400. The minimum atomic E-state index is 0.188. The van der Waals surface area contributed by atoms with E-state index in [1.165, 1.54) is 0 Å². The van der Waals surface area contributed by atoms with Crippen LogP contribution in [0, 0.1) is 0 Å². The molecule has 0 spiro atoms. The number of nitrogens with two attached hydrogens (primary N) is 1. The first-order chi connectivity index (χ1) is 8.69. The molecule has 2 heterocycles. The third kappa shape index (κ3) is 3.10. The molecule has 2 aromatic rings. The van der Waals surface area contributed by atoms with Crippen LogP contribution in [0.4, 0.5) is 11.9 Å². The zero-order valence-electron chi connectivity index (χ0n) is 10.2. The molecule has 1 atom stereocenters. The van der Waals surface area contributed by atoms with E-state index < -0.39 is 0 Å². The van der Waals surface area contributed by atoms with Crippen molar-refractivity contribution in [2.24, 2.45) is 0 Å². The van der Waals surface area contributed by atoms with Crippen molar-refractivity contribution < 1.29 is 0 Å². The molecule has 2 aromatic heterocycles. The summed E-state index contributed by atoms with van der Waals surface area (Å²) >= 11 is 1.75. The Kier molecular flexibility index (Phi) is 3.98. The van der Waals surface area contributed by atoms with Crippen LogP contribution in [-0.2, 0) is 0 Å². The summed E-state index contributed by atoms with van der Waals surface area (Å²) in [6.45, 7) is 2.06. The molecule has 0 amide bonds. The smallest absolute Gasteiger partial charge is 0.241 e. The predicted octanol–water partition coefficient (Wildman–Crippen LogP) is 0.803. The SMILES string of the molecule is CSCC(C)Nc1nc(N)nc(-n2ccnc2)n1. The van der Waals surface area contributed by atoms with E-state index in [0.717, 1.165) is 5.75 Å². The minimum absolute atomic E-state index is 0.188. The quantitative estimate of drug-likeness (QED) is 0.825. The number of aromatic nitrogens is 5. The normalized spacial score (nSPS) is 12.3. The van der Waals surface area contributed by atoms with Gasteiger partial charge in [0, 0.05) is 24.2 Å². The summed E-state index contributed by atoms with van der Waals surface area (Å²) in [5.74, 6) is 2.09. The summed E-state index contributed by atoms with van der Waals surface area (Å²) < 4.78 is 1.68. The third-order valence-electron chi connectivity index (χ3n) is 2.17. The lowest BCUT2D eigenvalue weighted by atomic mass is 10.4. The van der Waals surface area contributed by atoms with Crippen molar-refractivity contribution in [1.29, 1.82) is 0 Å². The monoisotopic (exact) mass is 265 g/mol. The Bertz CT molecular complexity index is 499. The number of nitrogens with zero attached hydrogens (tertiary/aromatic N) is 5. The van der Waals surface area contributed by atoms with Gasteiger partial charge in [-0.05, 0) is 13.2 Å². The van der Waals surface area contributed by atoms with Gasteiger partial charge in [-0.3, -0.25) is 4.57 Å². The molecule has 0 aliphatic rings. The van der Waals surface area contributed by atoms with E-state index in [0.29, 0.717) is 11.9 Å². The van der Waals surface area contributed by atoms with Crippen LogP contribution >= 0.6 is 11.8 Å². The molecule has 0 aliphatic heterocycles. The Labute approximate surface area is 109 Å². The van der Waals surface area contributed by atoms with Crippen LogP contribution in [0.3, 0.4) is 0 Å². The molecule has 0 saturated carbocycles. The second kappa shape index (κ2) is 5.67. The second-order valence-electron chi connectivity index (χ2n) is 3.79. The van der Waals surface area contributed by atoms with Gasteiger partial charge >= 0.3 is 0 Å². The molecule has 0 aliphatic carbocycles. The van der Waals surface area contributed by atoms with Crippen molar-refractivity contribution in [2.45, 2.75) is 13.0 Å². The lowest BCUT2D eigenvalue weighted by Gasteiger charge is -2.13. The highest BCUT2D eigenvalue weighted by Crippen LogP contribution is 2.09. The molecule has 2 rings (SSSR count). The number of hydrogen-bond acceptors (Lipinski definition) is 7. The molecular weight excluding hydrogens is 250 g/mol. The van der Waals surface area contributed by atoms with Gasteiger partial charge in [-0.25, -0.2) is 4.98 Å². The van der Waals surface area contributed by atoms with Gasteiger partial charge in [0.25, 0.3) is 0 Å². The van der Waals surface area contributed by atoms with Gasteiger partial charge in [0.05, 0.1) is 0 Å². The van der Waals surface area contributed by atoms with Crippen LogP contribution in [0.5, 0.6) is 0 Å². The van der Waals surface area contributed by atoms with Gasteiger partial charge in [0.1, 0.15) is 6.33 Å². The van der Waals surface area contributed by atoms with Crippen LogP contribution in [0.15, 0.2) is 18.7 Å². The van der Waals surface area contributed by atoms with Gasteiger partial charge in [0.2, 0.25) is 17.8 Å². The van der Waals surface area contributed by atoms with Crippen LogP contribution in [0.2, 0.25) is 0 Å². The van der Waals surface area contributed by atoms with E-state index in [-0.39, 0.29) is 12.0 Å². The Morgan fingerprint density at radius 1 is 1.44 bits per heavy atom. The standard InChI is InChI=1S/C10H15N7S/c1-7(5-18-2)13-9-14-8(11)15-10(16-9)17-4-3-12-6-17/h3-4,6-7H,5H2,1-2H3,(H3,11,13,14,15,16). The topological polar surface area (TPSA) is 94.5 Å². The average Bonchev–Trinajstić information content (AvgIpc) is 2.81. The van der Waals surface area contributed by atoms with Crippen molar-refractivity contribution >= 4 is 23.7 Å². The molecule has 0 saturated heterocycles. The summed E-state index contributed by atoms with van der Waals surface area (Å²) in [5, 5.41) is 3.19. The minimum Gasteiger partial charge on any atom is -0.368 e. The van der Waals surface area contributed by atoms with Crippen LogP contribution in [0.1, 0.15) is 6.92 Å². The number of nitrogen functional groups attached to an aromatic ring is 1. The lowest BCUT2D eigenvalue weighted by Crippen LogP contribution is -2.21. The lowest BCUT2D eigenvalue weighted by molar-refractivity contribution is 0.854. The Morgan fingerprint density at radius 2 is 2.28 bits per heavy atom. The van der Waals surface area contributed by atoms with Crippen molar-refractivity contribution in [3.63, 3.8) is 0 Å². The van der Waals surface area contributed by atoms with E-state index in [4.69, 9.17) is 5.73 Å². The first-order valence-corrected chi connectivity index (χ1v) is 6.84. The molecule has 0 aromatic carbocycles. The molecule has 1 unspecified atom stereocenters. The van der Waals surface area contributed by atoms with E-state index in [2.05, 4.69) is 38.4 Å². The molecule has 8 heteroatoms. The van der Waals surface area contributed by atoms with Gasteiger partial charge in [-0.2, -0.15) is 26.7 Å². The molecule has 3 N–H and O–H groups in total. The fourth-order valence-corrected chi connectivity index (χ4v) is 2.03. The molecule has 7 nitrogen and oxygen atoms in total. The predicted molar refractivity (Wildman–Crippen MR) is 72.8 cm³/mol. The van der Waals surface area contributed by atoms with Crippen LogP contribution < -0.4 is 11.1 Å². The van der Waals surface area contributed by atoms with E-state index in [1.54, 1.807) is 35.0 Å². The number of thioether (sulfide) groups is 1. The van der Waals surface area contributed by atoms with Gasteiger partial charge in [-0.15, -0.1) is 0 Å². The highest BCUT2D eigenvalue weighted by atomic mass is 32.2. The Morgan fingerprint density at radius 3 is 2.94 bits per heavy atom. The molecular formula is C10H15N7S. The Balaban J connectivity index is 2.22. The number of anilines is 2. The molecule has 18 heavy (non-hydrogen) atoms. The second-order valence-corrected chi connectivity index (χ2v) is 4.70. The number of imidazole rings is 1. The maximum absolute atomic E-state index is 5.67. The fourth-order valence-electron chi connectivity index (χ4n) is 1.45. The van der Waals surface area contributed by atoms with Crippen LogP contribution in [0.25, 0.3) is 5.95 Å². The number of rotatable bonds is 5. The maximum atomic E-state index is 5.67. The van der Waals surface area contributed by atoms with E-state index in [1.807, 2.05) is 0 Å². The largest absolute Gasteiger partial charge is 0.368 e. The van der Waals surface area contributed by atoms with Crippen LogP contribution in [-0.4, -0.2) is 42.6 Å². The highest BCUT2D eigenvalue weighted by molar-refractivity contribution is 7.98. The zero-order valence-corrected chi connectivity index (χ0v) is 11.1. The molecule has 0 fully saturated rings. The van der Waals surface area contributed by atoms with Gasteiger partial charge < -0.3 is 11.1 Å². The highest BCUT2D eigenvalue weighted by Gasteiger charge is 2.08. The summed E-state index contributed by atoms with van der Waals surface area (Å²) in [6, 6.07) is 0.262. The van der Waals surface area contributed by atoms with E-state index in [9.17, 15) is 0 Å². The van der Waals surface area contributed by atoms with Crippen molar-refractivity contribution in [2.75, 3.05) is 23.1 Å². The maximum Gasteiger partial charge on any atom is 0.241 e. The summed E-state index contributed by atoms with van der Waals surface area (Å²) in [6.07, 6.45) is 7.08. The van der Waals surface area contributed by atoms with Crippen molar-refractivity contribution in [1.82, 2.24) is 24.5 Å². The average molecular weight is 265 g/mol. The van der Waals surface area contributed by atoms with Crippen molar-refractivity contribution in [3.05, 3.63) is 18.7 Å². The molecule has 96 valence electrons. The summed E-state index contributed by atoms with van der Waals surface area (Å²) in [7, 11) is 0. The Hall–Kier alpha value is -1.83. The van der Waals surface area contributed by atoms with E-state index >= 15 is 0 Å². The molecule has 0 bridgehead atoms. The molecule has 0 radical (unpaired) electrons. The summed E-state index contributed by atoms with van der Waals surface area (Å²) in [5.41, 5.74) is 5.67. The third-order valence-corrected chi connectivity index (χ3v) is 3.00. The first kappa shape index (κ1) is 12.6. The summed E-state index contributed by atoms with van der Waals surface area (Å²) in [4.78, 5) is 16.4.